The molecule has 0 aliphatic rings. The largest absolute Gasteiger partial charge is 0.305 e. The van der Waals surface area contributed by atoms with Crippen LogP contribution < -0.4 is 0 Å². The minimum absolute atomic E-state index is 1.13. The highest BCUT2D eigenvalue weighted by Gasteiger charge is 2.19. The summed E-state index contributed by atoms with van der Waals surface area (Å²) in [6, 6.07) is 24.5. The average Bonchev–Trinajstić information content (AvgIpc) is 3.49. The van der Waals surface area contributed by atoms with Crippen molar-refractivity contribution in [3.05, 3.63) is 91.5 Å². The molecule has 0 fully saturated rings. The molecule has 0 saturated carbocycles. The van der Waals surface area contributed by atoms with E-state index in [9.17, 15) is 0 Å². The molecule has 0 radical (unpaired) electrons. The Balaban J connectivity index is 1.51. The zero-order chi connectivity index (χ0) is 20.8. The quantitative estimate of drug-likeness (QED) is 0.270. The summed E-state index contributed by atoms with van der Waals surface area (Å²) in [4.78, 5) is 8.82. The smallest absolute Gasteiger partial charge is 0.0725 e. The number of thiophene rings is 1. The SMILES string of the molecule is c1ccc2c(c1)sc1cc(-c3cc4c5ccncc5n5c6cnccc6c(c3)c45)ccc12. The maximum Gasteiger partial charge on any atom is 0.0725 e. The van der Waals surface area contributed by atoms with Gasteiger partial charge in [0, 0.05) is 54.1 Å². The van der Waals surface area contributed by atoms with E-state index >= 15 is 0 Å². The first-order valence-electron chi connectivity index (χ1n) is 10.7. The van der Waals surface area contributed by atoms with E-state index < -0.39 is 0 Å². The van der Waals surface area contributed by atoms with Crippen LogP contribution in [0.25, 0.3) is 69.4 Å². The third kappa shape index (κ3) is 2.00. The molecule has 3 nitrogen and oxygen atoms in total. The first kappa shape index (κ1) is 16.6. The predicted octanol–water partition coefficient (Wildman–Crippen LogP) is 7.66. The molecule has 0 bridgehead atoms. The number of benzene rings is 3. The molecule has 148 valence electrons. The molecule has 3 aromatic carbocycles. The van der Waals surface area contributed by atoms with Crippen molar-refractivity contribution in [2.75, 3.05) is 0 Å². The van der Waals surface area contributed by atoms with Crippen molar-refractivity contribution in [3.8, 4) is 11.1 Å². The monoisotopic (exact) mass is 425 g/mol. The molecule has 8 aromatic rings. The summed E-state index contributed by atoms with van der Waals surface area (Å²) in [5, 5.41) is 7.67. The highest BCUT2D eigenvalue weighted by atomic mass is 32.1. The third-order valence-corrected chi connectivity index (χ3v) is 7.84. The van der Waals surface area contributed by atoms with E-state index in [1.165, 1.54) is 58.4 Å². The van der Waals surface area contributed by atoms with E-state index in [4.69, 9.17) is 0 Å². The molecule has 0 amide bonds. The normalized spacial score (nSPS) is 12.4. The molecule has 0 aliphatic heterocycles. The van der Waals surface area contributed by atoms with Crippen molar-refractivity contribution in [3.63, 3.8) is 0 Å². The summed E-state index contributed by atoms with van der Waals surface area (Å²) < 4.78 is 4.98. The molecular weight excluding hydrogens is 410 g/mol. The highest BCUT2D eigenvalue weighted by Crippen LogP contribution is 2.42. The van der Waals surface area contributed by atoms with Gasteiger partial charge in [-0.2, -0.15) is 0 Å². The van der Waals surface area contributed by atoms with Gasteiger partial charge in [-0.25, -0.2) is 0 Å². The van der Waals surface area contributed by atoms with Crippen LogP contribution in [0, 0.1) is 0 Å². The fourth-order valence-electron chi connectivity index (χ4n) is 5.31. The zero-order valence-corrected chi connectivity index (χ0v) is 17.7. The molecule has 4 heteroatoms. The Labute approximate surface area is 186 Å². The van der Waals surface area contributed by atoms with Gasteiger partial charge in [-0.1, -0.05) is 30.3 Å². The van der Waals surface area contributed by atoms with Gasteiger partial charge in [-0.3, -0.25) is 9.97 Å². The second-order valence-corrected chi connectivity index (χ2v) is 9.43. The van der Waals surface area contributed by atoms with Crippen LogP contribution >= 0.6 is 11.3 Å². The van der Waals surface area contributed by atoms with E-state index in [1.54, 1.807) is 0 Å². The number of aromatic nitrogens is 3. The highest BCUT2D eigenvalue weighted by molar-refractivity contribution is 7.25. The van der Waals surface area contributed by atoms with E-state index in [0.29, 0.717) is 0 Å². The lowest BCUT2D eigenvalue weighted by atomic mass is 9.99. The lowest BCUT2D eigenvalue weighted by Crippen LogP contribution is -1.81. The van der Waals surface area contributed by atoms with Crippen molar-refractivity contribution < 1.29 is 0 Å². The summed E-state index contributed by atoms with van der Waals surface area (Å²) >= 11 is 1.87. The molecule has 32 heavy (non-hydrogen) atoms. The van der Waals surface area contributed by atoms with Crippen LogP contribution in [0.15, 0.2) is 91.5 Å². The lowest BCUT2D eigenvalue weighted by Gasteiger charge is -2.05. The van der Waals surface area contributed by atoms with Crippen LogP contribution in [0.5, 0.6) is 0 Å². The van der Waals surface area contributed by atoms with Crippen molar-refractivity contribution in [1.82, 2.24) is 14.4 Å². The Morgan fingerprint density at radius 2 is 1.25 bits per heavy atom. The van der Waals surface area contributed by atoms with Crippen molar-refractivity contribution in [2.45, 2.75) is 0 Å². The second-order valence-electron chi connectivity index (χ2n) is 8.35. The minimum atomic E-state index is 1.13. The summed E-state index contributed by atoms with van der Waals surface area (Å²) in [6.07, 6.45) is 7.69. The molecular formula is C28H15N3S. The fourth-order valence-corrected chi connectivity index (χ4v) is 6.46. The van der Waals surface area contributed by atoms with Gasteiger partial charge >= 0.3 is 0 Å². The molecule has 0 saturated heterocycles. The number of fused-ring (bicyclic) bond motifs is 9. The number of rotatable bonds is 1. The van der Waals surface area contributed by atoms with Gasteiger partial charge < -0.3 is 4.40 Å². The van der Waals surface area contributed by atoms with Gasteiger partial charge in [0.05, 0.1) is 28.9 Å². The number of nitrogens with zero attached hydrogens (tertiary/aromatic N) is 3. The summed E-state index contributed by atoms with van der Waals surface area (Å²) in [6.45, 7) is 0. The van der Waals surface area contributed by atoms with Crippen LogP contribution in [0.1, 0.15) is 0 Å². The van der Waals surface area contributed by atoms with Crippen molar-refractivity contribution in [2.24, 2.45) is 0 Å². The van der Waals surface area contributed by atoms with Crippen LogP contribution in [0.2, 0.25) is 0 Å². The molecule has 0 atom stereocenters. The molecule has 0 unspecified atom stereocenters. The second kappa shape index (κ2) is 5.81. The predicted molar refractivity (Wildman–Crippen MR) is 135 cm³/mol. The number of pyridine rings is 2. The molecule has 0 spiro atoms. The first-order chi connectivity index (χ1) is 15.9. The topological polar surface area (TPSA) is 30.2 Å². The van der Waals surface area contributed by atoms with Gasteiger partial charge in [-0.15, -0.1) is 11.3 Å². The Kier molecular flexibility index (Phi) is 3.02. The van der Waals surface area contributed by atoms with E-state index in [0.717, 1.165) is 11.0 Å². The van der Waals surface area contributed by atoms with E-state index in [1.807, 2.05) is 36.1 Å². The Morgan fingerprint density at radius 1 is 0.562 bits per heavy atom. The van der Waals surface area contributed by atoms with Crippen molar-refractivity contribution in [1.29, 1.82) is 0 Å². The maximum absolute atomic E-state index is 4.41. The van der Waals surface area contributed by atoms with Crippen molar-refractivity contribution >= 4 is 69.6 Å². The Hall–Kier alpha value is -4.02. The number of hydrogen-bond donors (Lipinski definition) is 0. The van der Waals surface area contributed by atoms with Crippen LogP contribution in [-0.4, -0.2) is 14.4 Å². The standard InChI is InChI=1S/C28H15N3S/c1-2-4-26-20(3-1)21-6-5-16(13-27(21)32-26)17-11-22-18-7-9-29-14-24(18)31-25-15-30-10-8-19(25)23(12-17)28(22)31/h1-15H. The van der Waals surface area contributed by atoms with E-state index in [2.05, 4.69) is 81.1 Å². The first-order valence-corrected chi connectivity index (χ1v) is 11.5. The Morgan fingerprint density at radius 3 is 2.00 bits per heavy atom. The van der Waals surface area contributed by atoms with Gasteiger partial charge in [-0.05, 0) is 47.5 Å². The van der Waals surface area contributed by atoms with Gasteiger partial charge in [0.25, 0.3) is 0 Å². The van der Waals surface area contributed by atoms with Crippen LogP contribution in [0.3, 0.4) is 0 Å². The minimum Gasteiger partial charge on any atom is -0.305 e. The molecule has 8 rings (SSSR count). The van der Waals surface area contributed by atoms with Crippen LogP contribution in [0.4, 0.5) is 0 Å². The molecule has 5 heterocycles. The van der Waals surface area contributed by atoms with Crippen LogP contribution in [-0.2, 0) is 0 Å². The fraction of sp³-hybridized carbons (Fsp3) is 0. The zero-order valence-electron chi connectivity index (χ0n) is 16.9. The average molecular weight is 426 g/mol. The summed E-state index contributed by atoms with van der Waals surface area (Å²) in [7, 11) is 0. The lowest BCUT2D eigenvalue weighted by molar-refractivity contribution is 1.27. The van der Waals surface area contributed by atoms with Gasteiger partial charge in [0.1, 0.15) is 0 Å². The van der Waals surface area contributed by atoms with E-state index in [-0.39, 0.29) is 0 Å². The third-order valence-electron chi connectivity index (χ3n) is 6.71. The maximum atomic E-state index is 4.41. The summed E-state index contributed by atoms with van der Waals surface area (Å²) in [5.41, 5.74) is 6.01. The van der Waals surface area contributed by atoms with Gasteiger partial charge in [0.15, 0.2) is 0 Å². The molecule has 5 aromatic heterocycles. The number of hydrogen-bond acceptors (Lipinski definition) is 3. The van der Waals surface area contributed by atoms with Gasteiger partial charge in [0.2, 0.25) is 0 Å². The molecule has 0 N–H and O–H groups in total. The summed E-state index contributed by atoms with van der Waals surface area (Å²) in [5.74, 6) is 0. The Bertz CT molecular complexity index is 1910. The molecule has 0 aliphatic carbocycles.